The van der Waals surface area contributed by atoms with Gasteiger partial charge in [-0.1, -0.05) is 34.8 Å². The van der Waals surface area contributed by atoms with Gasteiger partial charge >= 0.3 is 15.5 Å². The summed E-state index contributed by atoms with van der Waals surface area (Å²) in [5.74, 6) is 0. The second-order valence-corrected chi connectivity index (χ2v) is 9.24. The van der Waals surface area contributed by atoms with E-state index in [0.717, 1.165) is 0 Å². The number of alkyl halides is 6. The second-order valence-electron chi connectivity index (χ2n) is 5.17. The summed E-state index contributed by atoms with van der Waals surface area (Å²) in [5, 5.41) is 10.7. The van der Waals surface area contributed by atoms with Gasteiger partial charge in [-0.2, -0.15) is 17.9 Å². The van der Waals surface area contributed by atoms with E-state index in [4.69, 9.17) is 34.8 Å². The third-order valence-electron chi connectivity index (χ3n) is 3.31. The van der Waals surface area contributed by atoms with Crippen LogP contribution in [0.5, 0.6) is 0 Å². The van der Waals surface area contributed by atoms with E-state index in [-0.39, 0.29) is 11.3 Å². The Morgan fingerprint density at radius 1 is 1.11 bits per heavy atom. The van der Waals surface area contributed by atoms with Gasteiger partial charge in [0.05, 0.1) is 11.0 Å². The summed E-state index contributed by atoms with van der Waals surface area (Å²) in [4.78, 5) is 10.1. The maximum Gasteiger partial charge on any atom is 0.511 e. The number of hydrogen-bond acceptors (Lipinski definition) is 4. The Morgan fingerprint density at radius 3 is 2.11 bits per heavy atom. The molecule has 0 aliphatic rings. The van der Waals surface area contributed by atoms with Crippen molar-refractivity contribution in [2.24, 2.45) is 0 Å². The highest BCUT2D eigenvalue weighted by Gasteiger charge is 2.50. The van der Waals surface area contributed by atoms with Crippen molar-refractivity contribution in [2.75, 3.05) is 0 Å². The summed E-state index contributed by atoms with van der Waals surface area (Å²) in [5.41, 5.74) is -5.42. The molecular weight excluding hydrogens is 458 g/mol. The molecule has 0 saturated heterocycles. The molecule has 2 aromatic rings. The van der Waals surface area contributed by atoms with Crippen LogP contribution < -0.4 is 4.72 Å². The van der Waals surface area contributed by atoms with Gasteiger partial charge in [-0.25, -0.2) is 8.42 Å². The van der Waals surface area contributed by atoms with Crippen LogP contribution in [0, 0.1) is 10.1 Å². The van der Waals surface area contributed by atoms with Gasteiger partial charge in [-0.05, 0) is 23.8 Å². The zero-order chi connectivity index (χ0) is 20.6. The number of nitro benzene ring substituents is 1. The summed E-state index contributed by atoms with van der Waals surface area (Å²) in [6.45, 7) is 0. The number of nitrogens with zero attached hydrogens (tertiary/aromatic N) is 2. The van der Waals surface area contributed by atoms with Crippen LogP contribution in [-0.2, 0) is 10.0 Å². The first kappa shape index (κ1) is 21.8. The molecule has 1 heterocycles. The number of aromatic nitrogens is 1. The number of benzene rings is 1. The SMILES string of the molecule is O=[N+]([O-])c1ccc(-n2ccc(C(NS(=O)(=O)C(F)(F)F)C(Cl)(Cl)Cl)c2)cc1. The fraction of sp³-hybridized carbons (Fsp3) is 0.231. The lowest BCUT2D eigenvalue weighted by Crippen LogP contribution is -2.43. The highest BCUT2D eigenvalue weighted by molar-refractivity contribution is 7.90. The van der Waals surface area contributed by atoms with E-state index in [1.54, 1.807) is 0 Å². The van der Waals surface area contributed by atoms with E-state index in [1.807, 2.05) is 0 Å². The van der Waals surface area contributed by atoms with Crippen LogP contribution in [0.15, 0.2) is 42.7 Å². The van der Waals surface area contributed by atoms with Gasteiger partial charge in [0, 0.05) is 30.2 Å². The molecule has 0 fully saturated rings. The van der Waals surface area contributed by atoms with Gasteiger partial charge in [0.25, 0.3) is 5.69 Å². The van der Waals surface area contributed by atoms with Crippen LogP contribution in [0.25, 0.3) is 5.69 Å². The Bertz CT molecular complexity index is 940. The van der Waals surface area contributed by atoms with Gasteiger partial charge in [-0.3, -0.25) is 10.1 Å². The van der Waals surface area contributed by atoms with Crippen molar-refractivity contribution in [1.29, 1.82) is 0 Å². The smallest absolute Gasteiger partial charge is 0.324 e. The lowest BCUT2D eigenvalue weighted by Gasteiger charge is -2.25. The molecule has 1 unspecified atom stereocenters. The van der Waals surface area contributed by atoms with E-state index in [1.165, 1.54) is 52.0 Å². The summed E-state index contributed by atoms with van der Waals surface area (Å²) in [6.07, 6.45) is 2.59. The molecule has 0 bridgehead atoms. The van der Waals surface area contributed by atoms with Crippen molar-refractivity contribution in [3.05, 3.63) is 58.4 Å². The number of halogens is 6. The predicted octanol–water partition coefficient (Wildman–Crippen LogP) is 4.24. The lowest BCUT2D eigenvalue weighted by atomic mass is 10.2. The highest BCUT2D eigenvalue weighted by Crippen LogP contribution is 2.41. The monoisotopic (exact) mass is 465 g/mol. The quantitative estimate of drug-likeness (QED) is 0.405. The number of nitrogens with one attached hydrogen (secondary N) is 1. The Hall–Kier alpha value is -1.53. The summed E-state index contributed by atoms with van der Waals surface area (Å²) in [7, 11) is -5.79. The first-order chi connectivity index (χ1) is 12.2. The molecule has 0 amide bonds. The van der Waals surface area contributed by atoms with E-state index in [0.29, 0.717) is 5.69 Å². The van der Waals surface area contributed by atoms with Gasteiger partial charge in [0.2, 0.25) is 3.79 Å². The van der Waals surface area contributed by atoms with Crippen molar-refractivity contribution >= 4 is 50.5 Å². The number of hydrogen-bond donors (Lipinski definition) is 1. The van der Waals surface area contributed by atoms with Gasteiger partial charge in [-0.15, -0.1) is 0 Å². The largest absolute Gasteiger partial charge is 0.511 e. The Labute approximate surface area is 165 Å². The zero-order valence-electron chi connectivity index (χ0n) is 12.8. The van der Waals surface area contributed by atoms with Crippen LogP contribution in [0.1, 0.15) is 11.6 Å². The summed E-state index contributed by atoms with van der Waals surface area (Å²) in [6, 6.07) is 4.60. The number of nitro groups is 1. The summed E-state index contributed by atoms with van der Waals surface area (Å²) >= 11 is 17.0. The molecule has 0 radical (unpaired) electrons. The second kappa shape index (κ2) is 7.47. The van der Waals surface area contributed by atoms with Crippen LogP contribution in [0.4, 0.5) is 18.9 Å². The van der Waals surface area contributed by atoms with E-state index >= 15 is 0 Å². The Morgan fingerprint density at radius 2 is 1.67 bits per heavy atom. The maximum absolute atomic E-state index is 12.6. The standard InChI is InChI=1S/C13H9Cl3F3N3O4S/c14-12(15,16)11(20-27(25,26)13(17,18)19)8-5-6-21(7-8)9-1-3-10(4-2-9)22(23)24/h1-7,11,20H. The molecule has 27 heavy (non-hydrogen) atoms. The molecule has 0 saturated carbocycles. The minimum Gasteiger partial charge on any atom is -0.324 e. The molecule has 0 aliphatic carbocycles. The number of sulfonamides is 1. The van der Waals surface area contributed by atoms with Crippen molar-refractivity contribution in [3.8, 4) is 5.69 Å². The van der Waals surface area contributed by atoms with Crippen LogP contribution >= 0.6 is 34.8 Å². The highest BCUT2D eigenvalue weighted by atomic mass is 35.6. The average molecular weight is 467 g/mol. The fourth-order valence-corrected chi connectivity index (χ4v) is 3.53. The first-order valence-electron chi connectivity index (χ1n) is 6.80. The molecule has 1 aromatic carbocycles. The van der Waals surface area contributed by atoms with Gasteiger partial charge < -0.3 is 4.57 Å². The number of non-ortho nitro benzene ring substituents is 1. The minimum atomic E-state index is -5.79. The van der Waals surface area contributed by atoms with Crippen molar-refractivity contribution in [3.63, 3.8) is 0 Å². The minimum absolute atomic E-state index is 0.0684. The third-order valence-corrected chi connectivity index (χ3v) is 5.12. The van der Waals surface area contributed by atoms with Crippen molar-refractivity contribution in [1.82, 2.24) is 9.29 Å². The molecule has 1 atom stereocenters. The lowest BCUT2D eigenvalue weighted by molar-refractivity contribution is -0.384. The normalized spacial score (nSPS) is 14.1. The molecule has 148 valence electrons. The van der Waals surface area contributed by atoms with Crippen molar-refractivity contribution < 1.29 is 26.5 Å². The van der Waals surface area contributed by atoms with Crippen molar-refractivity contribution in [2.45, 2.75) is 15.3 Å². The van der Waals surface area contributed by atoms with E-state index in [2.05, 4.69) is 0 Å². The molecular formula is C13H9Cl3F3N3O4S. The molecule has 0 aliphatic heterocycles. The van der Waals surface area contributed by atoms with Crippen LogP contribution in [0.2, 0.25) is 0 Å². The topological polar surface area (TPSA) is 94.2 Å². The molecule has 1 N–H and O–H groups in total. The fourth-order valence-electron chi connectivity index (χ4n) is 2.04. The Kier molecular flexibility index (Phi) is 6.02. The molecule has 1 aromatic heterocycles. The molecule has 2 rings (SSSR count). The van der Waals surface area contributed by atoms with Crippen LogP contribution in [0.3, 0.4) is 0 Å². The van der Waals surface area contributed by atoms with Gasteiger partial charge in [0.15, 0.2) is 0 Å². The molecule has 7 nitrogen and oxygen atoms in total. The average Bonchev–Trinajstić information content (AvgIpc) is 3.00. The Balaban J connectivity index is 2.38. The molecule has 14 heteroatoms. The first-order valence-corrected chi connectivity index (χ1v) is 9.42. The molecule has 0 spiro atoms. The number of rotatable bonds is 5. The third kappa shape index (κ3) is 5.05. The summed E-state index contributed by atoms with van der Waals surface area (Å²) < 4.78 is 60.9. The van der Waals surface area contributed by atoms with Crippen LogP contribution in [-0.4, -0.2) is 27.2 Å². The van der Waals surface area contributed by atoms with Gasteiger partial charge in [0.1, 0.15) is 0 Å². The maximum atomic E-state index is 12.6. The van der Waals surface area contributed by atoms with E-state index < -0.39 is 30.3 Å². The predicted molar refractivity (Wildman–Crippen MR) is 93.6 cm³/mol. The van der Waals surface area contributed by atoms with E-state index in [9.17, 15) is 31.7 Å². The zero-order valence-corrected chi connectivity index (χ0v) is 15.9.